The summed E-state index contributed by atoms with van der Waals surface area (Å²) in [6, 6.07) is 3.69. The van der Waals surface area contributed by atoms with Crippen LogP contribution in [0.5, 0.6) is 0 Å². The molecule has 2 aromatic rings. The van der Waals surface area contributed by atoms with E-state index in [4.69, 9.17) is 0 Å². The van der Waals surface area contributed by atoms with Gasteiger partial charge in [0.2, 0.25) is 10.2 Å². The first-order valence-electron chi connectivity index (χ1n) is 7.77. The van der Waals surface area contributed by atoms with Crippen molar-refractivity contribution in [1.82, 2.24) is 9.97 Å². The Labute approximate surface area is 150 Å². The van der Waals surface area contributed by atoms with Crippen molar-refractivity contribution < 1.29 is 9.59 Å². The standard InChI is InChI=1S/C18H20N2O2S2/c1-5-23-17(21)14-11(3)20-12(4)15(18(22)24-6-2)16(14)13-8-7-9-19-10-13/h7-10H,5-6H2,1-4H3. The van der Waals surface area contributed by atoms with Gasteiger partial charge >= 0.3 is 0 Å². The van der Waals surface area contributed by atoms with Crippen molar-refractivity contribution in [3.63, 3.8) is 0 Å². The molecule has 126 valence electrons. The average molecular weight is 361 g/mol. The van der Waals surface area contributed by atoms with E-state index in [0.717, 1.165) is 5.56 Å². The second-order valence-corrected chi connectivity index (χ2v) is 7.56. The Hall–Kier alpha value is -1.66. The summed E-state index contributed by atoms with van der Waals surface area (Å²) in [5.41, 5.74) is 3.75. The first kappa shape index (κ1) is 18.7. The molecule has 0 spiro atoms. The molecular formula is C18H20N2O2S2. The van der Waals surface area contributed by atoms with Gasteiger partial charge in [-0.3, -0.25) is 19.6 Å². The molecule has 6 heteroatoms. The van der Waals surface area contributed by atoms with Crippen LogP contribution in [0.15, 0.2) is 24.5 Å². The lowest BCUT2D eigenvalue weighted by atomic mass is 9.94. The minimum atomic E-state index is -0.0584. The maximum atomic E-state index is 12.7. The largest absolute Gasteiger partial charge is 0.281 e. The highest BCUT2D eigenvalue weighted by Crippen LogP contribution is 2.35. The maximum absolute atomic E-state index is 12.7. The van der Waals surface area contributed by atoms with Crippen LogP contribution in [-0.2, 0) is 0 Å². The molecule has 2 heterocycles. The van der Waals surface area contributed by atoms with Gasteiger partial charge in [-0.1, -0.05) is 43.4 Å². The van der Waals surface area contributed by atoms with E-state index in [9.17, 15) is 9.59 Å². The number of pyridine rings is 2. The molecule has 0 bridgehead atoms. The van der Waals surface area contributed by atoms with E-state index in [1.54, 1.807) is 12.4 Å². The SMILES string of the molecule is CCSC(=O)c1c(C)nc(C)c(C(=O)SCC)c1-c1cccnc1. The number of aromatic nitrogens is 2. The summed E-state index contributed by atoms with van der Waals surface area (Å²) in [5, 5.41) is -0.117. The predicted octanol–water partition coefficient (Wildman–Crippen LogP) is 4.55. The number of hydrogen-bond acceptors (Lipinski definition) is 6. The van der Waals surface area contributed by atoms with Gasteiger partial charge in [0.15, 0.2) is 0 Å². The number of hydrogen-bond donors (Lipinski definition) is 0. The molecule has 0 radical (unpaired) electrons. The van der Waals surface area contributed by atoms with E-state index in [0.29, 0.717) is 39.6 Å². The molecule has 0 fully saturated rings. The van der Waals surface area contributed by atoms with Gasteiger partial charge in [0.25, 0.3) is 0 Å². The number of carbonyl (C=O) groups excluding carboxylic acids is 2. The first-order valence-corrected chi connectivity index (χ1v) is 9.74. The molecule has 0 N–H and O–H groups in total. The predicted molar refractivity (Wildman–Crippen MR) is 102 cm³/mol. The average Bonchev–Trinajstić information content (AvgIpc) is 2.55. The molecule has 0 aromatic carbocycles. The van der Waals surface area contributed by atoms with Crippen LogP contribution >= 0.6 is 23.5 Å². The second kappa shape index (κ2) is 8.44. The van der Waals surface area contributed by atoms with Crippen LogP contribution in [0.1, 0.15) is 46.0 Å². The Kier molecular flexibility index (Phi) is 6.57. The van der Waals surface area contributed by atoms with Gasteiger partial charge in [-0.05, 0) is 31.4 Å². The zero-order chi connectivity index (χ0) is 17.7. The topological polar surface area (TPSA) is 59.9 Å². The van der Waals surface area contributed by atoms with E-state index < -0.39 is 0 Å². The van der Waals surface area contributed by atoms with Crippen molar-refractivity contribution in [2.45, 2.75) is 27.7 Å². The van der Waals surface area contributed by atoms with Crippen molar-refractivity contribution in [1.29, 1.82) is 0 Å². The summed E-state index contributed by atoms with van der Waals surface area (Å²) in [7, 11) is 0. The van der Waals surface area contributed by atoms with Crippen LogP contribution in [0.25, 0.3) is 11.1 Å². The Morgan fingerprint density at radius 2 is 1.54 bits per heavy atom. The van der Waals surface area contributed by atoms with Crippen LogP contribution in [0.4, 0.5) is 0 Å². The third-order valence-electron chi connectivity index (χ3n) is 3.47. The molecule has 0 aliphatic rings. The minimum absolute atomic E-state index is 0.0584. The van der Waals surface area contributed by atoms with Crippen LogP contribution in [0, 0.1) is 13.8 Å². The maximum Gasteiger partial charge on any atom is 0.221 e. The van der Waals surface area contributed by atoms with Crippen LogP contribution in [0.2, 0.25) is 0 Å². The smallest absolute Gasteiger partial charge is 0.221 e. The third kappa shape index (κ3) is 3.87. The van der Waals surface area contributed by atoms with Crippen molar-refractivity contribution in [2.24, 2.45) is 0 Å². The van der Waals surface area contributed by atoms with E-state index in [1.807, 2.05) is 39.8 Å². The first-order chi connectivity index (χ1) is 11.5. The van der Waals surface area contributed by atoms with E-state index in [1.165, 1.54) is 23.5 Å². The van der Waals surface area contributed by atoms with Gasteiger partial charge in [-0.25, -0.2) is 0 Å². The second-order valence-electron chi connectivity index (χ2n) is 5.09. The van der Waals surface area contributed by atoms with Crippen LogP contribution in [0.3, 0.4) is 0 Å². The molecule has 0 atom stereocenters. The summed E-state index contributed by atoms with van der Waals surface area (Å²) < 4.78 is 0. The summed E-state index contributed by atoms with van der Waals surface area (Å²) >= 11 is 2.46. The van der Waals surface area contributed by atoms with E-state index >= 15 is 0 Å². The van der Waals surface area contributed by atoms with Gasteiger partial charge in [-0.2, -0.15) is 0 Å². The molecule has 0 aliphatic heterocycles. The normalized spacial score (nSPS) is 10.7. The molecule has 0 aliphatic carbocycles. The van der Waals surface area contributed by atoms with Crippen LogP contribution < -0.4 is 0 Å². The van der Waals surface area contributed by atoms with Gasteiger partial charge in [0.05, 0.1) is 11.1 Å². The molecule has 2 aromatic heterocycles. The number of nitrogens with zero attached hydrogens (tertiary/aromatic N) is 2. The highest BCUT2D eigenvalue weighted by molar-refractivity contribution is 8.14. The lowest BCUT2D eigenvalue weighted by Gasteiger charge is -2.17. The highest BCUT2D eigenvalue weighted by atomic mass is 32.2. The van der Waals surface area contributed by atoms with Gasteiger partial charge in [0, 0.05) is 34.9 Å². The fourth-order valence-electron chi connectivity index (χ4n) is 2.56. The van der Waals surface area contributed by atoms with Crippen LogP contribution in [-0.4, -0.2) is 31.7 Å². The Morgan fingerprint density at radius 1 is 1.00 bits per heavy atom. The summed E-state index contributed by atoms with van der Waals surface area (Å²) in [6.07, 6.45) is 3.37. The third-order valence-corrected chi connectivity index (χ3v) is 4.98. The summed E-state index contributed by atoms with van der Waals surface area (Å²) in [4.78, 5) is 34.0. The molecular weight excluding hydrogens is 340 g/mol. The molecule has 0 amide bonds. The lowest BCUT2D eigenvalue weighted by Crippen LogP contribution is -2.12. The highest BCUT2D eigenvalue weighted by Gasteiger charge is 2.26. The zero-order valence-electron chi connectivity index (χ0n) is 14.3. The van der Waals surface area contributed by atoms with Crippen molar-refractivity contribution in [2.75, 3.05) is 11.5 Å². The Morgan fingerprint density at radius 3 is 1.96 bits per heavy atom. The Bertz CT molecular complexity index is 719. The van der Waals surface area contributed by atoms with E-state index in [-0.39, 0.29) is 10.2 Å². The Balaban J connectivity index is 2.82. The number of aryl methyl sites for hydroxylation is 2. The molecule has 0 unspecified atom stereocenters. The molecule has 24 heavy (non-hydrogen) atoms. The fraction of sp³-hybridized carbons (Fsp3) is 0.333. The lowest BCUT2D eigenvalue weighted by molar-refractivity contribution is 0.108. The number of carbonyl (C=O) groups is 2. The zero-order valence-corrected chi connectivity index (χ0v) is 15.9. The minimum Gasteiger partial charge on any atom is -0.281 e. The number of thioether (sulfide) groups is 2. The quantitative estimate of drug-likeness (QED) is 0.780. The van der Waals surface area contributed by atoms with Crippen molar-refractivity contribution >= 4 is 33.8 Å². The van der Waals surface area contributed by atoms with Crippen molar-refractivity contribution in [3.8, 4) is 11.1 Å². The van der Waals surface area contributed by atoms with Gasteiger partial charge in [-0.15, -0.1) is 0 Å². The fourth-order valence-corrected chi connectivity index (χ4v) is 3.87. The number of rotatable bonds is 5. The van der Waals surface area contributed by atoms with Crippen molar-refractivity contribution in [3.05, 3.63) is 47.0 Å². The van der Waals surface area contributed by atoms with E-state index in [2.05, 4.69) is 9.97 Å². The molecule has 0 saturated heterocycles. The van der Waals surface area contributed by atoms with Gasteiger partial charge in [0.1, 0.15) is 0 Å². The molecule has 4 nitrogen and oxygen atoms in total. The summed E-state index contributed by atoms with van der Waals surface area (Å²) in [5.74, 6) is 1.34. The molecule has 2 rings (SSSR count). The monoisotopic (exact) mass is 360 g/mol. The van der Waals surface area contributed by atoms with Gasteiger partial charge < -0.3 is 0 Å². The summed E-state index contributed by atoms with van der Waals surface area (Å²) in [6.45, 7) is 7.50. The molecule has 0 saturated carbocycles.